The standard InChI is InChI=1S/C12H24O6/c1-3-12(13)18-11-10-17-9-8-16-7-6-15-5-4-14-2/h3-11H2,1-2H3. The molecule has 0 heterocycles. The number of hydrogen-bond acceptors (Lipinski definition) is 6. The maximum Gasteiger partial charge on any atom is 0.305 e. The van der Waals surface area contributed by atoms with Crippen LogP contribution in [0.4, 0.5) is 0 Å². The summed E-state index contributed by atoms with van der Waals surface area (Å²) >= 11 is 0. The van der Waals surface area contributed by atoms with Crippen LogP contribution < -0.4 is 0 Å². The van der Waals surface area contributed by atoms with Crippen molar-refractivity contribution in [2.24, 2.45) is 0 Å². The minimum absolute atomic E-state index is 0.206. The maximum atomic E-state index is 10.8. The summed E-state index contributed by atoms with van der Waals surface area (Å²) < 4.78 is 25.3. The van der Waals surface area contributed by atoms with Crippen molar-refractivity contribution in [3.63, 3.8) is 0 Å². The van der Waals surface area contributed by atoms with Crippen molar-refractivity contribution in [1.29, 1.82) is 0 Å². The van der Waals surface area contributed by atoms with Crippen LogP contribution in [0.2, 0.25) is 0 Å². The highest BCUT2D eigenvalue weighted by molar-refractivity contribution is 5.68. The Hall–Kier alpha value is -0.690. The molecule has 0 rings (SSSR count). The molecule has 0 N–H and O–H groups in total. The predicted molar refractivity (Wildman–Crippen MR) is 65.6 cm³/mol. The lowest BCUT2D eigenvalue weighted by atomic mass is 10.5. The van der Waals surface area contributed by atoms with Gasteiger partial charge in [0, 0.05) is 13.5 Å². The minimum atomic E-state index is -0.206. The molecule has 6 nitrogen and oxygen atoms in total. The van der Waals surface area contributed by atoms with E-state index in [2.05, 4.69) is 0 Å². The van der Waals surface area contributed by atoms with Gasteiger partial charge in [-0.25, -0.2) is 0 Å². The molecule has 0 aliphatic rings. The topological polar surface area (TPSA) is 63.2 Å². The summed E-state index contributed by atoms with van der Waals surface area (Å²) in [6, 6.07) is 0. The molecule has 0 fully saturated rings. The second-order valence-corrected chi connectivity index (χ2v) is 3.40. The minimum Gasteiger partial charge on any atom is -0.463 e. The van der Waals surface area contributed by atoms with Gasteiger partial charge in [-0.05, 0) is 0 Å². The van der Waals surface area contributed by atoms with Crippen LogP contribution in [0.15, 0.2) is 0 Å². The summed E-state index contributed by atoms with van der Waals surface area (Å²) in [4.78, 5) is 10.8. The van der Waals surface area contributed by atoms with Crippen molar-refractivity contribution in [3.8, 4) is 0 Å². The molecular weight excluding hydrogens is 240 g/mol. The van der Waals surface area contributed by atoms with Gasteiger partial charge in [-0.1, -0.05) is 6.92 Å². The maximum absolute atomic E-state index is 10.8. The Morgan fingerprint density at radius 3 is 1.67 bits per heavy atom. The molecule has 0 aliphatic carbocycles. The Morgan fingerprint density at radius 2 is 1.22 bits per heavy atom. The Labute approximate surface area is 108 Å². The summed E-state index contributed by atoms with van der Waals surface area (Å²) in [5, 5.41) is 0. The van der Waals surface area contributed by atoms with Crippen molar-refractivity contribution < 1.29 is 28.5 Å². The normalized spacial score (nSPS) is 10.6. The van der Waals surface area contributed by atoms with Gasteiger partial charge in [-0.3, -0.25) is 4.79 Å². The molecule has 108 valence electrons. The van der Waals surface area contributed by atoms with E-state index in [1.807, 2.05) is 0 Å². The lowest BCUT2D eigenvalue weighted by Gasteiger charge is -2.07. The lowest BCUT2D eigenvalue weighted by Crippen LogP contribution is -2.14. The van der Waals surface area contributed by atoms with Crippen molar-refractivity contribution in [1.82, 2.24) is 0 Å². The van der Waals surface area contributed by atoms with Crippen molar-refractivity contribution >= 4 is 5.97 Å². The van der Waals surface area contributed by atoms with Gasteiger partial charge < -0.3 is 23.7 Å². The number of esters is 1. The van der Waals surface area contributed by atoms with E-state index in [1.54, 1.807) is 14.0 Å². The van der Waals surface area contributed by atoms with Crippen molar-refractivity contribution in [3.05, 3.63) is 0 Å². The lowest BCUT2D eigenvalue weighted by molar-refractivity contribution is -0.144. The van der Waals surface area contributed by atoms with Gasteiger partial charge in [-0.2, -0.15) is 0 Å². The Morgan fingerprint density at radius 1 is 0.778 bits per heavy atom. The van der Waals surface area contributed by atoms with Gasteiger partial charge in [-0.15, -0.1) is 0 Å². The highest BCUT2D eigenvalue weighted by Gasteiger charge is 1.97. The molecule has 0 radical (unpaired) electrons. The van der Waals surface area contributed by atoms with Crippen molar-refractivity contribution in [2.45, 2.75) is 13.3 Å². The zero-order chi connectivity index (χ0) is 13.5. The van der Waals surface area contributed by atoms with Crippen LogP contribution in [0.3, 0.4) is 0 Å². The van der Waals surface area contributed by atoms with Crippen LogP contribution in [-0.4, -0.2) is 65.9 Å². The highest BCUT2D eigenvalue weighted by atomic mass is 16.6. The summed E-state index contributed by atoms with van der Waals surface area (Å²) in [5.41, 5.74) is 0. The SMILES string of the molecule is CCC(=O)OCCOCCOCCOCCOC. The van der Waals surface area contributed by atoms with E-state index < -0.39 is 0 Å². The predicted octanol–water partition coefficient (Wildman–Crippen LogP) is 0.636. The van der Waals surface area contributed by atoms with Gasteiger partial charge in [0.25, 0.3) is 0 Å². The number of carbonyl (C=O) groups excluding carboxylic acids is 1. The van der Waals surface area contributed by atoms with Crippen LogP contribution >= 0.6 is 0 Å². The fraction of sp³-hybridized carbons (Fsp3) is 0.917. The van der Waals surface area contributed by atoms with Crippen LogP contribution in [0.25, 0.3) is 0 Å². The molecule has 0 amide bonds. The first-order valence-corrected chi connectivity index (χ1v) is 6.19. The molecule has 0 saturated carbocycles. The average Bonchev–Trinajstić information content (AvgIpc) is 2.39. The molecule has 0 aromatic rings. The summed E-state index contributed by atoms with van der Waals surface area (Å²) in [6.45, 7) is 5.73. The van der Waals surface area contributed by atoms with Crippen LogP contribution in [0.5, 0.6) is 0 Å². The van der Waals surface area contributed by atoms with Crippen LogP contribution in [-0.2, 0) is 28.5 Å². The monoisotopic (exact) mass is 264 g/mol. The van der Waals surface area contributed by atoms with Gasteiger partial charge in [0.1, 0.15) is 6.61 Å². The second kappa shape index (κ2) is 14.4. The van der Waals surface area contributed by atoms with Crippen molar-refractivity contribution in [2.75, 3.05) is 60.0 Å². The third-order valence-corrected chi connectivity index (χ3v) is 1.96. The number of hydrogen-bond donors (Lipinski definition) is 0. The number of rotatable bonds is 13. The number of carbonyl (C=O) groups is 1. The van der Waals surface area contributed by atoms with Crippen LogP contribution in [0.1, 0.15) is 13.3 Å². The van der Waals surface area contributed by atoms with Crippen LogP contribution in [0, 0.1) is 0 Å². The number of methoxy groups -OCH3 is 1. The van der Waals surface area contributed by atoms with E-state index in [0.717, 1.165) is 0 Å². The summed E-state index contributed by atoms with van der Waals surface area (Å²) in [7, 11) is 1.63. The first-order valence-electron chi connectivity index (χ1n) is 6.19. The fourth-order valence-corrected chi connectivity index (χ4v) is 1.00. The molecule has 0 saturated heterocycles. The van der Waals surface area contributed by atoms with Gasteiger partial charge in [0.05, 0.1) is 46.2 Å². The molecule has 0 aromatic carbocycles. The van der Waals surface area contributed by atoms with Gasteiger partial charge >= 0.3 is 5.97 Å². The molecular formula is C12H24O6. The molecule has 0 atom stereocenters. The Bertz CT molecular complexity index is 185. The average molecular weight is 264 g/mol. The first-order chi connectivity index (χ1) is 8.81. The smallest absolute Gasteiger partial charge is 0.305 e. The second-order valence-electron chi connectivity index (χ2n) is 3.40. The largest absolute Gasteiger partial charge is 0.463 e. The molecule has 6 heteroatoms. The van der Waals surface area contributed by atoms with E-state index in [4.69, 9.17) is 23.7 Å². The molecule has 0 unspecified atom stereocenters. The van der Waals surface area contributed by atoms with E-state index in [-0.39, 0.29) is 5.97 Å². The zero-order valence-electron chi connectivity index (χ0n) is 11.3. The number of ether oxygens (including phenoxy) is 5. The van der Waals surface area contributed by atoms with Gasteiger partial charge in [0.2, 0.25) is 0 Å². The highest BCUT2D eigenvalue weighted by Crippen LogP contribution is 1.86. The Balaban J connectivity index is 2.97. The van der Waals surface area contributed by atoms with E-state index in [1.165, 1.54) is 0 Å². The first kappa shape index (κ1) is 17.3. The quantitative estimate of drug-likeness (QED) is 0.359. The molecule has 0 bridgehead atoms. The zero-order valence-corrected chi connectivity index (χ0v) is 11.3. The fourth-order valence-electron chi connectivity index (χ4n) is 1.00. The third-order valence-electron chi connectivity index (χ3n) is 1.96. The molecule has 0 aliphatic heterocycles. The Kier molecular flexibility index (Phi) is 13.8. The third kappa shape index (κ3) is 13.4. The summed E-state index contributed by atoms with van der Waals surface area (Å²) in [5.74, 6) is -0.206. The molecule has 18 heavy (non-hydrogen) atoms. The van der Waals surface area contributed by atoms with E-state index in [9.17, 15) is 4.79 Å². The van der Waals surface area contributed by atoms with E-state index in [0.29, 0.717) is 59.3 Å². The van der Waals surface area contributed by atoms with Gasteiger partial charge in [0.15, 0.2) is 0 Å². The summed E-state index contributed by atoms with van der Waals surface area (Å²) in [6.07, 6.45) is 0.395. The molecule has 0 aromatic heterocycles. The van der Waals surface area contributed by atoms with E-state index >= 15 is 0 Å². The molecule has 0 spiro atoms.